The molecule has 0 aromatic carbocycles. The Kier molecular flexibility index (Phi) is 8.47. The molecule has 0 saturated heterocycles. The van der Waals surface area contributed by atoms with Crippen LogP contribution >= 0.6 is 0 Å². The molecule has 1 heterocycles. The van der Waals surface area contributed by atoms with Gasteiger partial charge in [0.1, 0.15) is 11.6 Å². The van der Waals surface area contributed by atoms with E-state index in [0.717, 1.165) is 42.6 Å². The first-order valence-corrected chi connectivity index (χ1v) is 10.1. The van der Waals surface area contributed by atoms with E-state index in [1.807, 2.05) is 32.9 Å². The minimum Gasteiger partial charge on any atom is -0.451 e. The molecular weight excluding hydrogens is 370 g/mol. The van der Waals surface area contributed by atoms with Gasteiger partial charge in [-0.3, -0.25) is 4.79 Å². The number of aryl methyl sites for hydroxylation is 1. The van der Waals surface area contributed by atoms with Crippen LogP contribution in [0.4, 0.5) is 0 Å². The first-order valence-electron chi connectivity index (χ1n) is 10.1. The van der Waals surface area contributed by atoms with Gasteiger partial charge in [-0.2, -0.15) is 5.26 Å². The minimum atomic E-state index is -0.791. The number of nitrogens with zero attached hydrogens (tertiary/aromatic N) is 2. The fraction of sp³-hybridized carbons (Fsp3) is 0.591. The van der Waals surface area contributed by atoms with Crippen LogP contribution in [0.25, 0.3) is 6.08 Å². The van der Waals surface area contributed by atoms with Gasteiger partial charge in [0.15, 0.2) is 6.61 Å². The third-order valence-electron chi connectivity index (χ3n) is 5.32. The Morgan fingerprint density at radius 1 is 1.34 bits per heavy atom. The van der Waals surface area contributed by atoms with E-state index in [9.17, 15) is 14.9 Å². The highest BCUT2D eigenvalue weighted by atomic mass is 16.5. The number of nitriles is 1. The summed E-state index contributed by atoms with van der Waals surface area (Å²) in [6.07, 6.45) is 6.84. The van der Waals surface area contributed by atoms with Crippen molar-refractivity contribution in [3.05, 3.63) is 28.6 Å². The Bertz CT molecular complexity index is 798. The normalized spacial score (nSPS) is 16.2. The minimum absolute atomic E-state index is 0.128. The topological polar surface area (TPSA) is 93.3 Å². The Labute approximate surface area is 172 Å². The number of hydrogen-bond donors (Lipinski definition) is 1. The molecule has 0 bridgehead atoms. The molecule has 1 amide bonds. The maximum absolute atomic E-state index is 12.3. The number of rotatable bonds is 8. The van der Waals surface area contributed by atoms with Crippen LogP contribution in [0.2, 0.25) is 0 Å². The van der Waals surface area contributed by atoms with Gasteiger partial charge >= 0.3 is 5.97 Å². The zero-order valence-electron chi connectivity index (χ0n) is 17.8. The van der Waals surface area contributed by atoms with Gasteiger partial charge in [-0.05, 0) is 51.3 Å². The average molecular weight is 402 g/mol. The van der Waals surface area contributed by atoms with Crippen LogP contribution in [0.15, 0.2) is 11.6 Å². The summed E-state index contributed by atoms with van der Waals surface area (Å²) in [5.41, 5.74) is 2.58. The molecule has 0 unspecified atom stereocenters. The SMILES string of the molecule is COC[C@@H](C)n1c(C)cc(/C=C(\C#N)C(=O)OCC(=O)NC2CCCCC2)c1C. The van der Waals surface area contributed by atoms with Crippen molar-refractivity contribution in [2.45, 2.75) is 65.0 Å². The van der Waals surface area contributed by atoms with Crippen molar-refractivity contribution in [2.24, 2.45) is 0 Å². The molecule has 1 atom stereocenters. The number of esters is 1. The van der Waals surface area contributed by atoms with Crippen LogP contribution in [-0.2, 0) is 19.1 Å². The summed E-state index contributed by atoms with van der Waals surface area (Å²) in [4.78, 5) is 24.3. The summed E-state index contributed by atoms with van der Waals surface area (Å²) in [5.74, 6) is -1.12. The van der Waals surface area contributed by atoms with Crippen LogP contribution < -0.4 is 5.32 Å². The van der Waals surface area contributed by atoms with Crippen molar-refractivity contribution in [3.8, 4) is 6.07 Å². The first-order chi connectivity index (χ1) is 13.9. The van der Waals surface area contributed by atoms with E-state index in [1.165, 1.54) is 12.5 Å². The highest BCUT2D eigenvalue weighted by molar-refractivity contribution is 5.99. The van der Waals surface area contributed by atoms with Crippen molar-refractivity contribution < 1.29 is 19.1 Å². The van der Waals surface area contributed by atoms with Crippen molar-refractivity contribution in [2.75, 3.05) is 20.3 Å². The molecular formula is C22H31N3O4. The third kappa shape index (κ3) is 6.20. The lowest BCUT2D eigenvalue weighted by Gasteiger charge is -2.22. The molecule has 1 aromatic heterocycles. The van der Waals surface area contributed by atoms with E-state index in [1.54, 1.807) is 7.11 Å². The van der Waals surface area contributed by atoms with Crippen molar-refractivity contribution in [3.63, 3.8) is 0 Å². The van der Waals surface area contributed by atoms with Gasteiger partial charge in [0.25, 0.3) is 5.91 Å². The maximum Gasteiger partial charge on any atom is 0.349 e. The van der Waals surface area contributed by atoms with Crippen LogP contribution in [0.5, 0.6) is 0 Å². The predicted octanol–water partition coefficient (Wildman–Crippen LogP) is 3.21. The Morgan fingerprint density at radius 2 is 2.03 bits per heavy atom. The highest BCUT2D eigenvalue weighted by Gasteiger charge is 2.19. The quantitative estimate of drug-likeness (QED) is 0.410. The van der Waals surface area contributed by atoms with E-state index in [-0.39, 0.29) is 30.2 Å². The largest absolute Gasteiger partial charge is 0.451 e. The number of aromatic nitrogens is 1. The zero-order chi connectivity index (χ0) is 21.4. The Balaban J connectivity index is 2.02. The summed E-state index contributed by atoms with van der Waals surface area (Å²) in [7, 11) is 1.65. The van der Waals surface area contributed by atoms with Crippen molar-refractivity contribution >= 4 is 18.0 Å². The summed E-state index contributed by atoms with van der Waals surface area (Å²) in [5, 5.41) is 12.3. The van der Waals surface area contributed by atoms with Gasteiger partial charge in [-0.15, -0.1) is 0 Å². The molecule has 7 heteroatoms. The smallest absolute Gasteiger partial charge is 0.349 e. The van der Waals surface area contributed by atoms with Gasteiger partial charge in [-0.1, -0.05) is 19.3 Å². The van der Waals surface area contributed by atoms with Gasteiger partial charge in [0.2, 0.25) is 0 Å². The van der Waals surface area contributed by atoms with Crippen LogP contribution in [-0.4, -0.2) is 42.8 Å². The molecule has 1 saturated carbocycles. The van der Waals surface area contributed by atoms with Crippen molar-refractivity contribution in [1.82, 2.24) is 9.88 Å². The standard InChI is InChI=1S/C22H31N3O4/c1-15-10-18(17(3)25(15)16(2)13-28-4)11-19(12-23)22(27)29-14-21(26)24-20-8-6-5-7-9-20/h10-11,16,20H,5-9,13-14H2,1-4H3,(H,24,26)/b19-11+/t16-/m1/s1. The van der Waals surface area contributed by atoms with Gasteiger partial charge in [0.05, 0.1) is 12.6 Å². The second-order valence-corrected chi connectivity index (χ2v) is 7.65. The number of methoxy groups -OCH3 is 1. The van der Waals surface area contributed by atoms with Crippen LogP contribution in [0.1, 0.15) is 62.0 Å². The Hall–Kier alpha value is -2.59. The number of amides is 1. The molecule has 1 aliphatic rings. The van der Waals surface area contributed by atoms with Gasteiger partial charge in [-0.25, -0.2) is 4.79 Å². The lowest BCUT2D eigenvalue weighted by molar-refractivity contribution is -0.144. The number of hydrogen-bond acceptors (Lipinski definition) is 5. The molecule has 1 N–H and O–H groups in total. The van der Waals surface area contributed by atoms with E-state index >= 15 is 0 Å². The predicted molar refractivity (Wildman–Crippen MR) is 110 cm³/mol. The van der Waals surface area contributed by atoms with Gasteiger partial charge in [0, 0.05) is 24.5 Å². The summed E-state index contributed by atoms with van der Waals surface area (Å²) >= 11 is 0. The van der Waals surface area contributed by atoms with E-state index < -0.39 is 5.97 Å². The van der Waals surface area contributed by atoms with Crippen LogP contribution in [0, 0.1) is 25.2 Å². The summed E-state index contributed by atoms with van der Waals surface area (Å²) < 4.78 is 12.4. The molecule has 1 aliphatic carbocycles. The van der Waals surface area contributed by atoms with E-state index in [2.05, 4.69) is 9.88 Å². The molecule has 7 nitrogen and oxygen atoms in total. The molecule has 0 radical (unpaired) electrons. The molecule has 29 heavy (non-hydrogen) atoms. The van der Waals surface area contributed by atoms with E-state index in [0.29, 0.717) is 6.61 Å². The lowest BCUT2D eigenvalue weighted by Crippen LogP contribution is -2.38. The molecule has 158 valence electrons. The maximum atomic E-state index is 12.3. The number of carbonyl (C=O) groups is 2. The summed E-state index contributed by atoms with van der Waals surface area (Å²) in [6, 6.07) is 4.09. The van der Waals surface area contributed by atoms with Crippen molar-refractivity contribution in [1.29, 1.82) is 5.26 Å². The molecule has 2 rings (SSSR count). The number of ether oxygens (including phenoxy) is 2. The average Bonchev–Trinajstić information content (AvgIpc) is 2.98. The second-order valence-electron chi connectivity index (χ2n) is 7.65. The van der Waals surface area contributed by atoms with Crippen LogP contribution in [0.3, 0.4) is 0 Å². The van der Waals surface area contributed by atoms with E-state index in [4.69, 9.17) is 9.47 Å². The fourth-order valence-electron chi connectivity index (χ4n) is 3.96. The Morgan fingerprint density at radius 3 is 2.66 bits per heavy atom. The lowest BCUT2D eigenvalue weighted by atomic mass is 9.95. The first kappa shape index (κ1) is 22.7. The molecule has 0 spiro atoms. The second kappa shape index (κ2) is 10.8. The molecule has 0 aliphatic heterocycles. The third-order valence-corrected chi connectivity index (χ3v) is 5.32. The highest BCUT2D eigenvalue weighted by Crippen LogP contribution is 2.23. The summed E-state index contributed by atoms with van der Waals surface area (Å²) in [6.45, 7) is 6.13. The zero-order valence-corrected chi connectivity index (χ0v) is 17.8. The number of carbonyl (C=O) groups excluding carboxylic acids is 2. The molecule has 1 fully saturated rings. The number of nitrogens with one attached hydrogen (secondary N) is 1. The molecule has 1 aromatic rings. The van der Waals surface area contributed by atoms with Gasteiger partial charge < -0.3 is 19.4 Å². The fourth-order valence-corrected chi connectivity index (χ4v) is 3.96. The monoisotopic (exact) mass is 401 g/mol.